The zero-order chi connectivity index (χ0) is 14.9. The van der Waals surface area contributed by atoms with Crippen LogP contribution in [-0.2, 0) is 17.8 Å². The summed E-state index contributed by atoms with van der Waals surface area (Å²) in [6.07, 6.45) is 8.16. The zero-order valence-electron chi connectivity index (χ0n) is 12.0. The van der Waals surface area contributed by atoms with Crippen molar-refractivity contribution < 1.29 is 4.79 Å². The molecule has 0 saturated heterocycles. The maximum Gasteiger partial charge on any atom is 0.233 e. The van der Waals surface area contributed by atoms with Gasteiger partial charge in [0.1, 0.15) is 0 Å². The second-order valence-electron chi connectivity index (χ2n) is 5.00. The Morgan fingerprint density at radius 3 is 2.81 bits per heavy atom. The van der Waals surface area contributed by atoms with E-state index in [1.807, 2.05) is 47.4 Å². The van der Waals surface area contributed by atoms with Gasteiger partial charge in [-0.1, -0.05) is 30.3 Å². The molecule has 5 heteroatoms. The smallest absolute Gasteiger partial charge is 0.233 e. The second kappa shape index (κ2) is 8.52. The monoisotopic (exact) mass is 303 g/mol. The number of thiol groups is 1. The first-order valence-electron chi connectivity index (χ1n) is 7.21. The van der Waals surface area contributed by atoms with Gasteiger partial charge in [0.2, 0.25) is 5.91 Å². The lowest BCUT2D eigenvalue weighted by Gasteiger charge is -2.11. The Labute approximate surface area is 131 Å². The van der Waals surface area contributed by atoms with E-state index in [4.69, 9.17) is 0 Å². The molecule has 0 bridgehead atoms. The van der Waals surface area contributed by atoms with Gasteiger partial charge in [-0.15, -0.1) is 0 Å². The number of aromatic nitrogens is 2. The van der Waals surface area contributed by atoms with Crippen molar-refractivity contribution in [1.82, 2.24) is 14.9 Å². The Bertz CT molecular complexity index is 528. The third-order valence-electron chi connectivity index (χ3n) is 3.28. The number of benzene rings is 1. The molecular formula is C16H21N3OS. The van der Waals surface area contributed by atoms with Crippen LogP contribution in [0.2, 0.25) is 0 Å². The van der Waals surface area contributed by atoms with E-state index in [-0.39, 0.29) is 11.2 Å². The molecule has 0 saturated carbocycles. The average Bonchev–Trinajstić information content (AvgIpc) is 3.01. The molecule has 0 radical (unpaired) electrons. The van der Waals surface area contributed by atoms with Crippen LogP contribution in [0.25, 0.3) is 0 Å². The van der Waals surface area contributed by atoms with Crippen LogP contribution < -0.4 is 5.32 Å². The molecule has 0 aliphatic heterocycles. The predicted octanol–water partition coefficient (Wildman–Crippen LogP) is 2.32. The van der Waals surface area contributed by atoms with Crippen molar-refractivity contribution in [3.63, 3.8) is 0 Å². The molecule has 1 N–H and O–H groups in total. The first-order chi connectivity index (χ1) is 10.3. The van der Waals surface area contributed by atoms with Crippen LogP contribution in [0.15, 0.2) is 49.1 Å². The van der Waals surface area contributed by atoms with Crippen molar-refractivity contribution in [2.24, 2.45) is 0 Å². The molecule has 1 unspecified atom stereocenters. The Morgan fingerprint density at radius 1 is 1.29 bits per heavy atom. The molecule has 1 aromatic heterocycles. The summed E-state index contributed by atoms with van der Waals surface area (Å²) >= 11 is 4.39. The van der Waals surface area contributed by atoms with Gasteiger partial charge in [-0.3, -0.25) is 4.79 Å². The van der Waals surface area contributed by atoms with Crippen molar-refractivity contribution >= 4 is 18.5 Å². The topological polar surface area (TPSA) is 46.9 Å². The lowest BCUT2D eigenvalue weighted by molar-refractivity contribution is -0.120. The van der Waals surface area contributed by atoms with Gasteiger partial charge >= 0.3 is 0 Å². The summed E-state index contributed by atoms with van der Waals surface area (Å²) < 4.78 is 2.04. The summed E-state index contributed by atoms with van der Waals surface area (Å²) in [6, 6.07) is 9.95. The molecule has 112 valence electrons. The van der Waals surface area contributed by atoms with Crippen molar-refractivity contribution in [1.29, 1.82) is 0 Å². The zero-order valence-corrected chi connectivity index (χ0v) is 12.9. The molecule has 0 aliphatic carbocycles. The number of amides is 1. The molecule has 1 atom stereocenters. The van der Waals surface area contributed by atoms with Crippen molar-refractivity contribution in [2.75, 3.05) is 6.54 Å². The maximum atomic E-state index is 11.9. The SMILES string of the molecule is O=C(NCCCCn1ccnc1)C(S)Cc1ccccc1. The van der Waals surface area contributed by atoms with Gasteiger partial charge in [-0.2, -0.15) is 12.6 Å². The molecule has 1 heterocycles. The second-order valence-corrected chi connectivity index (χ2v) is 5.63. The van der Waals surface area contributed by atoms with Crippen LogP contribution in [0.1, 0.15) is 18.4 Å². The van der Waals surface area contributed by atoms with Crippen molar-refractivity contribution in [3.05, 3.63) is 54.6 Å². The number of rotatable bonds is 8. The van der Waals surface area contributed by atoms with Gasteiger partial charge in [0, 0.05) is 25.5 Å². The van der Waals surface area contributed by atoms with Gasteiger partial charge in [-0.05, 0) is 24.8 Å². The molecule has 1 aromatic carbocycles. The highest BCUT2D eigenvalue weighted by molar-refractivity contribution is 7.81. The standard InChI is InChI=1S/C16H21N3OS/c20-16(15(21)12-14-6-2-1-3-7-14)18-8-4-5-10-19-11-9-17-13-19/h1-3,6-7,9,11,13,15,21H,4-5,8,10,12H2,(H,18,20). The number of carbonyl (C=O) groups excluding carboxylic acids is 1. The van der Waals surface area contributed by atoms with Crippen LogP contribution in [0, 0.1) is 0 Å². The first kappa shape index (κ1) is 15.6. The van der Waals surface area contributed by atoms with Gasteiger partial charge in [-0.25, -0.2) is 4.98 Å². The minimum absolute atomic E-state index is 0.00446. The van der Waals surface area contributed by atoms with Crippen molar-refractivity contribution in [3.8, 4) is 0 Å². The number of nitrogens with one attached hydrogen (secondary N) is 1. The van der Waals surface area contributed by atoms with E-state index < -0.39 is 0 Å². The number of nitrogens with zero attached hydrogens (tertiary/aromatic N) is 2. The molecule has 21 heavy (non-hydrogen) atoms. The van der Waals surface area contributed by atoms with Gasteiger partial charge in [0.15, 0.2) is 0 Å². The Balaban J connectivity index is 1.60. The Hall–Kier alpha value is -1.75. The van der Waals surface area contributed by atoms with E-state index in [0.29, 0.717) is 13.0 Å². The highest BCUT2D eigenvalue weighted by Crippen LogP contribution is 2.07. The van der Waals surface area contributed by atoms with Crippen molar-refractivity contribution in [2.45, 2.75) is 31.1 Å². The molecule has 1 amide bonds. The number of hydrogen-bond acceptors (Lipinski definition) is 3. The maximum absolute atomic E-state index is 11.9. The largest absolute Gasteiger partial charge is 0.355 e. The lowest BCUT2D eigenvalue weighted by atomic mass is 10.1. The third-order valence-corrected chi connectivity index (χ3v) is 3.69. The Morgan fingerprint density at radius 2 is 2.10 bits per heavy atom. The average molecular weight is 303 g/mol. The van der Waals surface area contributed by atoms with E-state index in [9.17, 15) is 4.79 Å². The molecule has 2 aromatic rings. The first-order valence-corrected chi connectivity index (χ1v) is 7.73. The molecule has 0 fully saturated rings. The van der Waals surface area contributed by atoms with E-state index in [2.05, 4.69) is 22.9 Å². The fourth-order valence-electron chi connectivity index (χ4n) is 2.10. The van der Waals surface area contributed by atoms with Gasteiger partial charge in [0.05, 0.1) is 11.6 Å². The van der Waals surface area contributed by atoms with Crippen LogP contribution >= 0.6 is 12.6 Å². The number of unbranched alkanes of at least 4 members (excludes halogenated alkanes) is 1. The predicted molar refractivity (Wildman–Crippen MR) is 87.4 cm³/mol. The summed E-state index contributed by atoms with van der Waals surface area (Å²) in [7, 11) is 0. The molecule has 0 aliphatic rings. The number of imidazole rings is 1. The summed E-state index contributed by atoms with van der Waals surface area (Å²) in [6.45, 7) is 1.63. The Kier molecular flexibility index (Phi) is 6.34. The highest BCUT2D eigenvalue weighted by Gasteiger charge is 2.13. The number of hydrogen-bond donors (Lipinski definition) is 2. The van der Waals surface area contributed by atoms with E-state index >= 15 is 0 Å². The quantitative estimate of drug-likeness (QED) is 0.581. The molecule has 4 nitrogen and oxygen atoms in total. The minimum Gasteiger partial charge on any atom is -0.355 e. The normalized spacial score (nSPS) is 12.0. The van der Waals surface area contributed by atoms with Gasteiger partial charge in [0.25, 0.3) is 0 Å². The summed E-state index contributed by atoms with van der Waals surface area (Å²) in [5.74, 6) is 0.00446. The minimum atomic E-state index is -0.291. The number of aryl methyl sites for hydroxylation is 1. The van der Waals surface area contributed by atoms with Crippen LogP contribution in [0.4, 0.5) is 0 Å². The fourth-order valence-corrected chi connectivity index (χ4v) is 2.40. The summed E-state index contributed by atoms with van der Waals surface area (Å²) in [4.78, 5) is 15.9. The summed E-state index contributed by atoms with van der Waals surface area (Å²) in [5, 5.41) is 2.65. The van der Waals surface area contributed by atoms with Gasteiger partial charge < -0.3 is 9.88 Å². The lowest BCUT2D eigenvalue weighted by Crippen LogP contribution is -2.33. The van der Waals surface area contributed by atoms with Crippen LogP contribution in [0.3, 0.4) is 0 Å². The summed E-state index contributed by atoms with van der Waals surface area (Å²) in [5.41, 5.74) is 1.13. The van der Waals surface area contributed by atoms with E-state index in [1.54, 1.807) is 6.20 Å². The van der Waals surface area contributed by atoms with E-state index in [1.165, 1.54) is 0 Å². The van der Waals surface area contributed by atoms with Crippen LogP contribution in [-0.4, -0.2) is 27.3 Å². The highest BCUT2D eigenvalue weighted by atomic mass is 32.1. The molecular weight excluding hydrogens is 282 g/mol. The molecule has 0 spiro atoms. The fraction of sp³-hybridized carbons (Fsp3) is 0.375. The van der Waals surface area contributed by atoms with Crippen LogP contribution in [0.5, 0.6) is 0 Å². The molecule has 2 rings (SSSR count). The third kappa shape index (κ3) is 5.63. The number of carbonyl (C=O) groups is 1. The van der Waals surface area contributed by atoms with E-state index in [0.717, 1.165) is 24.9 Å².